The van der Waals surface area contributed by atoms with E-state index in [1.807, 2.05) is 33.8 Å². The van der Waals surface area contributed by atoms with Crippen molar-refractivity contribution in [3.8, 4) is 0 Å². The highest BCUT2D eigenvalue weighted by molar-refractivity contribution is 6.34. The molecule has 0 rings (SSSR count). The fourth-order valence-electron chi connectivity index (χ4n) is 2.18. The Balaban J connectivity index is 4.14. The molecule has 1 unspecified atom stereocenters. The van der Waals surface area contributed by atoms with Gasteiger partial charge in [0.05, 0.1) is 0 Å². The molecule has 0 saturated heterocycles. The third kappa shape index (κ3) is 7.46. The number of hydrogen-bond donors (Lipinski definition) is 0. The summed E-state index contributed by atoms with van der Waals surface area (Å²) >= 11 is 0. The van der Waals surface area contributed by atoms with Gasteiger partial charge in [0.1, 0.15) is 6.10 Å². The zero-order chi connectivity index (χ0) is 15.4. The summed E-state index contributed by atoms with van der Waals surface area (Å²) in [4.78, 5) is 23.7. The second-order valence-corrected chi connectivity index (χ2v) is 5.17. The number of hydrogen-bond acceptors (Lipinski definition) is 3. The highest BCUT2D eigenvalue weighted by atomic mass is 16.5. The van der Waals surface area contributed by atoms with Gasteiger partial charge in [0, 0.05) is 5.92 Å². The SMILES string of the molecule is C/C=C/CCCCC(CC)OC(=O)C(=O)C(CC)CC. The Morgan fingerprint density at radius 2 is 1.70 bits per heavy atom. The molecule has 3 heteroatoms. The number of unbranched alkanes of at least 4 members (excludes halogenated alkanes) is 2. The van der Waals surface area contributed by atoms with Gasteiger partial charge in [-0.05, 0) is 51.9 Å². The molecular weight excluding hydrogens is 252 g/mol. The van der Waals surface area contributed by atoms with Crippen molar-refractivity contribution < 1.29 is 14.3 Å². The van der Waals surface area contributed by atoms with E-state index in [9.17, 15) is 9.59 Å². The fraction of sp³-hybridized carbons (Fsp3) is 0.765. The minimum absolute atomic E-state index is 0.119. The van der Waals surface area contributed by atoms with E-state index < -0.39 is 5.97 Å². The lowest BCUT2D eigenvalue weighted by molar-refractivity contribution is -0.160. The van der Waals surface area contributed by atoms with Gasteiger partial charge in [-0.2, -0.15) is 0 Å². The predicted molar refractivity (Wildman–Crippen MR) is 82.5 cm³/mol. The number of esters is 1. The van der Waals surface area contributed by atoms with E-state index in [0.717, 1.165) is 32.1 Å². The summed E-state index contributed by atoms with van der Waals surface area (Å²) in [7, 11) is 0. The molecule has 20 heavy (non-hydrogen) atoms. The summed E-state index contributed by atoms with van der Waals surface area (Å²) in [5, 5.41) is 0. The Morgan fingerprint density at radius 1 is 1.05 bits per heavy atom. The number of ketones is 1. The smallest absolute Gasteiger partial charge is 0.375 e. The number of allylic oxidation sites excluding steroid dienone is 2. The molecular formula is C17H30O3. The van der Waals surface area contributed by atoms with E-state index in [-0.39, 0.29) is 17.8 Å². The maximum atomic E-state index is 11.9. The van der Waals surface area contributed by atoms with E-state index in [4.69, 9.17) is 4.74 Å². The highest BCUT2D eigenvalue weighted by Gasteiger charge is 2.25. The third-order valence-electron chi connectivity index (χ3n) is 3.67. The highest BCUT2D eigenvalue weighted by Crippen LogP contribution is 2.14. The van der Waals surface area contributed by atoms with E-state index >= 15 is 0 Å². The van der Waals surface area contributed by atoms with Crippen molar-refractivity contribution in [3.63, 3.8) is 0 Å². The Morgan fingerprint density at radius 3 is 2.20 bits per heavy atom. The average Bonchev–Trinajstić information content (AvgIpc) is 2.46. The van der Waals surface area contributed by atoms with Crippen LogP contribution in [0.5, 0.6) is 0 Å². The standard InChI is InChI=1S/C17H30O3/c1-5-9-10-11-12-13-15(8-4)20-17(19)16(18)14(6-2)7-3/h5,9,14-15H,6-8,10-13H2,1-4H3/b9-5+. The maximum absolute atomic E-state index is 11.9. The molecule has 0 radical (unpaired) electrons. The molecule has 0 bridgehead atoms. The quantitative estimate of drug-likeness (QED) is 0.243. The molecule has 0 amide bonds. The normalized spacial score (nSPS) is 12.8. The largest absolute Gasteiger partial charge is 0.457 e. The molecule has 0 aliphatic heterocycles. The summed E-state index contributed by atoms with van der Waals surface area (Å²) in [6.07, 6.45) is 10.3. The fourth-order valence-corrected chi connectivity index (χ4v) is 2.18. The number of ether oxygens (including phenoxy) is 1. The van der Waals surface area contributed by atoms with Gasteiger partial charge in [0.15, 0.2) is 0 Å². The molecule has 0 aromatic heterocycles. The van der Waals surface area contributed by atoms with Crippen molar-refractivity contribution in [1.82, 2.24) is 0 Å². The first kappa shape index (κ1) is 18.9. The van der Waals surface area contributed by atoms with Crippen LogP contribution in [0, 0.1) is 5.92 Å². The number of Topliss-reactive ketones (excluding diaryl/α,β-unsaturated/α-hetero) is 1. The third-order valence-corrected chi connectivity index (χ3v) is 3.67. The monoisotopic (exact) mass is 282 g/mol. The summed E-state index contributed by atoms with van der Waals surface area (Å²) in [5.41, 5.74) is 0. The molecule has 0 fully saturated rings. The van der Waals surface area contributed by atoms with Crippen molar-refractivity contribution in [2.24, 2.45) is 5.92 Å². The van der Waals surface area contributed by atoms with Crippen LogP contribution in [0.15, 0.2) is 12.2 Å². The van der Waals surface area contributed by atoms with Gasteiger partial charge in [0.25, 0.3) is 0 Å². The first-order chi connectivity index (χ1) is 9.60. The number of carbonyl (C=O) groups is 2. The number of rotatable bonds is 11. The molecule has 1 atom stereocenters. The Hall–Kier alpha value is -1.12. The maximum Gasteiger partial charge on any atom is 0.375 e. The molecule has 0 aromatic rings. The van der Waals surface area contributed by atoms with Crippen LogP contribution in [0.1, 0.15) is 72.6 Å². The molecule has 3 nitrogen and oxygen atoms in total. The van der Waals surface area contributed by atoms with Crippen LogP contribution in [-0.4, -0.2) is 17.9 Å². The summed E-state index contributed by atoms with van der Waals surface area (Å²) in [6, 6.07) is 0. The van der Waals surface area contributed by atoms with Gasteiger partial charge >= 0.3 is 5.97 Å². The molecule has 116 valence electrons. The van der Waals surface area contributed by atoms with E-state index in [0.29, 0.717) is 12.8 Å². The van der Waals surface area contributed by atoms with Gasteiger partial charge in [-0.3, -0.25) is 4.79 Å². The van der Waals surface area contributed by atoms with Crippen LogP contribution in [0.4, 0.5) is 0 Å². The van der Waals surface area contributed by atoms with Crippen molar-refractivity contribution in [3.05, 3.63) is 12.2 Å². The van der Waals surface area contributed by atoms with E-state index in [1.54, 1.807) is 0 Å². The second-order valence-electron chi connectivity index (χ2n) is 5.17. The van der Waals surface area contributed by atoms with Crippen molar-refractivity contribution in [1.29, 1.82) is 0 Å². The lowest BCUT2D eigenvalue weighted by Crippen LogP contribution is -2.29. The predicted octanol–water partition coefficient (Wildman–Crippen LogP) is 4.45. The van der Waals surface area contributed by atoms with E-state index in [1.165, 1.54) is 0 Å². The molecule has 0 N–H and O–H groups in total. The minimum Gasteiger partial charge on any atom is -0.457 e. The summed E-state index contributed by atoms with van der Waals surface area (Å²) in [5.74, 6) is -1.18. The van der Waals surface area contributed by atoms with Crippen LogP contribution in [0.3, 0.4) is 0 Å². The van der Waals surface area contributed by atoms with Gasteiger partial charge in [-0.15, -0.1) is 0 Å². The van der Waals surface area contributed by atoms with Crippen molar-refractivity contribution in [2.75, 3.05) is 0 Å². The Bertz CT molecular complexity index is 303. The minimum atomic E-state index is -0.640. The van der Waals surface area contributed by atoms with Crippen LogP contribution in [0.25, 0.3) is 0 Å². The van der Waals surface area contributed by atoms with Crippen LogP contribution in [0.2, 0.25) is 0 Å². The van der Waals surface area contributed by atoms with Crippen LogP contribution >= 0.6 is 0 Å². The molecule has 0 aliphatic rings. The van der Waals surface area contributed by atoms with Gasteiger partial charge in [0.2, 0.25) is 5.78 Å². The number of carbonyl (C=O) groups excluding carboxylic acids is 2. The van der Waals surface area contributed by atoms with Gasteiger partial charge in [-0.1, -0.05) is 32.9 Å². The molecule has 0 saturated carbocycles. The Labute approximate surface area is 123 Å². The zero-order valence-electron chi connectivity index (χ0n) is 13.5. The first-order valence-electron chi connectivity index (χ1n) is 7.96. The molecule has 0 aliphatic carbocycles. The van der Waals surface area contributed by atoms with Gasteiger partial charge in [-0.25, -0.2) is 4.79 Å². The van der Waals surface area contributed by atoms with E-state index in [2.05, 4.69) is 6.08 Å². The lowest BCUT2D eigenvalue weighted by Gasteiger charge is -2.17. The topological polar surface area (TPSA) is 43.4 Å². The zero-order valence-corrected chi connectivity index (χ0v) is 13.5. The summed E-state index contributed by atoms with van der Waals surface area (Å²) in [6.45, 7) is 7.86. The van der Waals surface area contributed by atoms with Crippen molar-refractivity contribution in [2.45, 2.75) is 78.7 Å². The average molecular weight is 282 g/mol. The Kier molecular flexibility index (Phi) is 11.0. The lowest BCUT2D eigenvalue weighted by atomic mass is 9.98. The molecule has 0 heterocycles. The second kappa shape index (κ2) is 11.7. The van der Waals surface area contributed by atoms with Crippen LogP contribution in [-0.2, 0) is 14.3 Å². The summed E-state index contributed by atoms with van der Waals surface area (Å²) < 4.78 is 5.35. The first-order valence-corrected chi connectivity index (χ1v) is 7.96. The molecule has 0 spiro atoms. The van der Waals surface area contributed by atoms with Gasteiger partial charge < -0.3 is 4.74 Å². The van der Waals surface area contributed by atoms with Crippen molar-refractivity contribution >= 4 is 11.8 Å². The van der Waals surface area contributed by atoms with Crippen LogP contribution < -0.4 is 0 Å². The molecule has 0 aromatic carbocycles.